The number of Topliss-reactive ketones (excluding diaryl/α,β-unsaturated/α-hetero) is 1. The molecule has 0 amide bonds. The van der Waals surface area contributed by atoms with Gasteiger partial charge in [-0.25, -0.2) is 5.26 Å². The topological polar surface area (TPSA) is 88.5 Å². The molecule has 7 heteroatoms. The smallest absolute Gasteiger partial charge is 0.350 e. The first-order chi connectivity index (χ1) is 13.6. The van der Waals surface area contributed by atoms with E-state index in [-0.39, 0.29) is 12.5 Å². The first kappa shape index (κ1) is 17.4. The number of aromatic nitrogens is 1. The van der Waals surface area contributed by atoms with Gasteiger partial charge in [-0.3, -0.25) is 9.79 Å². The maximum atomic E-state index is 13.3. The lowest BCUT2D eigenvalue weighted by Crippen LogP contribution is -2.35. The molecule has 2 aromatic rings. The van der Waals surface area contributed by atoms with Crippen molar-refractivity contribution in [2.45, 2.75) is 45.6 Å². The number of fused-ring (bicyclic) bond motifs is 1. The minimum atomic E-state index is -0.426. The molecule has 0 N–H and O–H groups in total. The van der Waals surface area contributed by atoms with E-state index in [1.165, 1.54) is 0 Å². The Balaban J connectivity index is 1.70. The molecule has 5 rings (SSSR count). The second kappa shape index (κ2) is 6.42. The summed E-state index contributed by atoms with van der Waals surface area (Å²) in [5.74, 6) is 3.44. The standard InChI is InChI=1S/C21H20BN3O3/c1-11-18(12(2)28-25-11)14-8-15(20(26)17-4-3-7-27-17)19-16(9-14)22(10-23)21(24-19)13-5-6-13/h8-9,13,17H,3-7H2,1-2H3. The second-order valence-electron chi connectivity index (χ2n) is 7.90. The van der Waals surface area contributed by atoms with E-state index in [0.29, 0.717) is 29.5 Å². The van der Waals surface area contributed by atoms with Crippen LogP contribution in [-0.2, 0) is 4.74 Å². The van der Waals surface area contributed by atoms with E-state index in [0.717, 1.165) is 53.6 Å². The number of hydrogen-bond donors (Lipinski definition) is 0. The number of carbonyl (C=O) groups excluding carboxylic acids is 1. The molecule has 0 radical (unpaired) electrons. The van der Waals surface area contributed by atoms with Crippen LogP contribution in [0, 0.1) is 31.0 Å². The van der Waals surface area contributed by atoms with Gasteiger partial charge in [0.25, 0.3) is 0 Å². The molecular formula is C21H20BN3O3. The van der Waals surface area contributed by atoms with Crippen molar-refractivity contribution < 1.29 is 14.1 Å². The number of nitrogens with zero attached hydrogens (tertiary/aromatic N) is 3. The van der Waals surface area contributed by atoms with Crippen LogP contribution in [0.15, 0.2) is 21.6 Å². The molecule has 0 bridgehead atoms. The lowest BCUT2D eigenvalue weighted by molar-refractivity contribution is 0.0644. The SMILES string of the molecule is Cc1noc(C)c1-c1cc2c(c(C(=O)C3CCCO3)c1)N=C(C1CC1)B2C#N. The van der Waals surface area contributed by atoms with Crippen LogP contribution >= 0.6 is 0 Å². The van der Waals surface area contributed by atoms with Crippen LogP contribution in [-0.4, -0.2) is 36.0 Å². The Labute approximate surface area is 163 Å². The fourth-order valence-electron chi connectivity index (χ4n) is 4.38. The average molecular weight is 373 g/mol. The summed E-state index contributed by atoms with van der Waals surface area (Å²) in [5, 5.41) is 13.9. The Morgan fingerprint density at radius 2 is 2.11 bits per heavy atom. The lowest BCUT2D eigenvalue weighted by Gasteiger charge is -2.14. The van der Waals surface area contributed by atoms with Gasteiger partial charge in [-0.05, 0) is 62.5 Å². The molecule has 140 valence electrons. The van der Waals surface area contributed by atoms with E-state index in [1.807, 2.05) is 26.0 Å². The first-order valence-corrected chi connectivity index (χ1v) is 9.83. The first-order valence-electron chi connectivity index (χ1n) is 9.83. The summed E-state index contributed by atoms with van der Waals surface area (Å²) in [6.07, 6.45) is 3.32. The van der Waals surface area contributed by atoms with E-state index >= 15 is 0 Å². The third-order valence-corrected chi connectivity index (χ3v) is 5.92. The quantitative estimate of drug-likeness (QED) is 0.607. The summed E-state index contributed by atoms with van der Waals surface area (Å²) >= 11 is 0. The number of carbonyl (C=O) groups is 1. The number of benzene rings is 1. The van der Waals surface area contributed by atoms with Crippen molar-refractivity contribution in [3.05, 3.63) is 29.2 Å². The van der Waals surface area contributed by atoms with Crippen molar-refractivity contribution in [2.24, 2.45) is 10.9 Å². The number of hydrogen-bond acceptors (Lipinski definition) is 6. The molecule has 3 aliphatic rings. The normalized spacial score (nSPS) is 20.8. The van der Waals surface area contributed by atoms with Gasteiger partial charge in [0.15, 0.2) is 5.78 Å². The zero-order chi connectivity index (χ0) is 19.4. The molecule has 0 spiro atoms. The van der Waals surface area contributed by atoms with Crippen LogP contribution < -0.4 is 5.46 Å². The van der Waals surface area contributed by atoms with E-state index in [2.05, 4.69) is 11.1 Å². The van der Waals surface area contributed by atoms with Crippen molar-refractivity contribution in [1.82, 2.24) is 5.16 Å². The van der Waals surface area contributed by atoms with Gasteiger partial charge in [-0.1, -0.05) is 11.2 Å². The molecule has 3 heterocycles. The van der Waals surface area contributed by atoms with Gasteiger partial charge in [-0.15, -0.1) is 0 Å². The van der Waals surface area contributed by atoms with Gasteiger partial charge in [0.2, 0.25) is 0 Å². The zero-order valence-corrected chi connectivity index (χ0v) is 16.0. The van der Waals surface area contributed by atoms with Gasteiger partial charge in [0, 0.05) is 29.3 Å². The number of aliphatic imine (C=N–C) groups is 1. The van der Waals surface area contributed by atoms with E-state index in [4.69, 9.17) is 14.3 Å². The third-order valence-electron chi connectivity index (χ3n) is 5.92. The number of nitriles is 1. The summed E-state index contributed by atoms with van der Waals surface area (Å²) in [6.45, 7) is 3.96. The molecule has 2 aliphatic heterocycles. The monoisotopic (exact) mass is 373 g/mol. The number of rotatable bonds is 4. The Morgan fingerprint density at radius 3 is 2.71 bits per heavy atom. The molecule has 1 atom stereocenters. The minimum absolute atomic E-state index is 0.0418. The summed E-state index contributed by atoms with van der Waals surface area (Å²) < 4.78 is 11.0. The zero-order valence-electron chi connectivity index (χ0n) is 16.0. The third kappa shape index (κ3) is 2.63. The highest BCUT2D eigenvalue weighted by molar-refractivity contribution is 7.08. The molecule has 28 heavy (non-hydrogen) atoms. The molecule has 1 unspecified atom stereocenters. The van der Waals surface area contributed by atoms with Crippen LogP contribution in [0.5, 0.6) is 0 Å². The molecule has 6 nitrogen and oxygen atoms in total. The number of ether oxygens (including phenoxy) is 1. The molecular weight excluding hydrogens is 353 g/mol. The molecule has 1 saturated heterocycles. The van der Waals surface area contributed by atoms with Crippen molar-refractivity contribution >= 4 is 29.3 Å². The highest BCUT2D eigenvalue weighted by atomic mass is 16.5. The largest absolute Gasteiger partial charge is 0.370 e. The van der Waals surface area contributed by atoms with Crippen molar-refractivity contribution in [1.29, 1.82) is 5.26 Å². The van der Waals surface area contributed by atoms with Crippen molar-refractivity contribution in [2.75, 3.05) is 6.61 Å². The Morgan fingerprint density at radius 1 is 1.29 bits per heavy atom. The molecule has 1 saturated carbocycles. The lowest BCUT2D eigenvalue weighted by atomic mass is 9.42. The highest BCUT2D eigenvalue weighted by Gasteiger charge is 2.43. The fraction of sp³-hybridized carbons (Fsp3) is 0.429. The maximum Gasteiger partial charge on any atom is 0.350 e. The Hall–Kier alpha value is -2.72. The molecule has 1 aromatic carbocycles. The van der Waals surface area contributed by atoms with Crippen LogP contribution in [0.2, 0.25) is 0 Å². The maximum absolute atomic E-state index is 13.3. The van der Waals surface area contributed by atoms with Gasteiger partial charge < -0.3 is 9.26 Å². The summed E-state index contributed by atoms with van der Waals surface area (Å²) in [4.78, 5) is 18.1. The van der Waals surface area contributed by atoms with E-state index < -0.39 is 6.10 Å². The van der Waals surface area contributed by atoms with Crippen molar-refractivity contribution in [3.8, 4) is 17.1 Å². The van der Waals surface area contributed by atoms with Crippen LogP contribution in [0.4, 0.5) is 5.69 Å². The van der Waals surface area contributed by atoms with Gasteiger partial charge in [-0.2, -0.15) is 0 Å². The van der Waals surface area contributed by atoms with Gasteiger partial charge in [0.1, 0.15) is 11.9 Å². The average Bonchev–Trinajstić information content (AvgIpc) is 3.11. The highest BCUT2D eigenvalue weighted by Crippen LogP contribution is 2.39. The predicted molar refractivity (Wildman–Crippen MR) is 106 cm³/mol. The predicted octanol–water partition coefficient (Wildman–Crippen LogP) is 3.12. The van der Waals surface area contributed by atoms with Crippen molar-refractivity contribution in [3.63, 3.8) is 0 Å². The minimum Gasteiger partial charge on any atom is -0.370 e. The summed E-state index contributed by atoms with van der Waals surface area (Å²) in [5.41, 5.74) is 5.44. The van der Waals surface area contributed by atoms with Crippen LogP contribution in [0.3, 0.4) is 0 Å². The van der Waals surface area contributed by atoms with Gasteiger partial charge in [0.05, 0.1) is 11.4 Å². The van der Waals surface area contributed by atoms with Crippen LogP contribution in [0.25, 0.3) is 11.1 Å². The molecule has 1 aromatic heterocycles. The van der Waals surface area contributed by atoms with E-state index in [9.17, 15) is 10.1 Å². The Bertz CT molecular complexity index is 1040. The van der Waals surface area contributed by atoms with Gasteiger partial charge >= 0.3 is 6.71 Å². The number of ketones is 1. The van der Waals surface area contributed by atoms with E-state index in [1.54, 1.807) is 0 Å². The molecule has 1 aliphatic carbocycles. The summed E-state index contributed by atoms with van der Waals surface area (Å²) in [6, 6.07) is 3.87. The fourth-order valence-corrected chi connectivity index (χ4v) is 4.38. The summed E-state index contributed by atoms with van der Waals surface area (Å²) in [7, 11) is 0. The number of aryl methyl sites for hydroxylation is 2. The van der Waals surface area contributed by atoms with Crippen LogP contribution in [0.1, 0.15) is 47.5 Å². The Kier molecular flexibility index (Phi) is 3.99. The second-order valence-corrected chi connectivity index (χ2v) is 7.90. The molecule has 2 fully saturated rings.